The molecule has 0 spiro atoms. The van der Waals surface area contributed by atoms with E-state index >= 15 is 0 Å². The molecule has 0 amide bonds. The maximum atomic E-state index is 13.0. The summed E-state index contributed by atoms with van der Waals surface area (Å²) in [7, 11) is 0.500. The number of aliphatic carboxylic acids is 1. The molecule has 0 fully saturated rings. The van der Waals surface area contributed by atoms with Crippen LogP contribution in [-0.4, -0.2) is 36.6 Å². The summed E-state index contributed by atoms with van der Waals surface area (Å²) in [6.07, 6.45) is -3.46. The average Bonchev–Trinajstić information content (AvgIpc) is 2.75. The molecule has 1 atom stereocenters. The molecule has 29 heavy (non-hydrogen) atoms. The second kappa shape index (κ2) is 11.7. The highest BCUT2D eigenvalue weighted by atomic mass is 19.3. The fourth-order valence-corrected chi connectivity index (χ4v) is 2.65. The predicted molar refractivity (Wildman–Crippen MR) is 105 cm³/mol. The first-order valence-corrected chi connectivity index (χ1v) is 8.94. The molecule has 0 bridgehead atoms. The normalized spacial score (nSPS) is 14.2. The number of hydrogen-bond acceptors (Lipinski definition) is 3. The molecule has 4 nitrogen and oxygen atoms in total. The van der Waals surface area contributed by atoms with Crippen LogP contribution in [0.15, 0.2) is 54.1 Å². The first-order valence-electron chi connectivity index (χ1n) is 8.94. The number of hydrogen-bond donors (Lipinski definition) is 1. The van der Waals surface area contributed by atoms with Crippen LogP contribution in [0.4, 0.5) is 13.2 Å². The van der Waals surface area contributed by atoms with Gasteiger partial charge in [-0.05, 0) is 29.8 Å². The summed E-state index contributed by atoms with van der Waals surface area (Å²) in [5.74, 6) is -1.50. The quantitative estimate of drug-likeness (QED) is 0.689. The molecular formula is C22H23F3O4. The summed E-state index contributed by atoms with van der Waals surface area (Å²) in [5.41, 5.74) is 0.979. The Morgan fingerprint density at radius 3 is 2.24 bits per heavy atom. The van der Waals surface area contributed by atoms with Crippen molar-refractivity contribution < 1.29 is 32.6 Å². The van der Waals surface area contributed by atoms with Crippen molar-refractivity contribution in [2.24, 2.45) is 0 Å². The van der Waals surface area contributed by atoms with Gasteiger partial charge in [0.05, 0.1) is 12.8 Å². The van der Waals surface area contributed by atoms with E-state index in [2.05, 4.69) is 0 Å². The van der Waals surface area contributed by atoms with Gasteiger partial charge in [0.25, 0.3) is 6.43 Å². The highest BCUT2D eigenvalue weighted by Crippen LogP contribution is 2.33. The van der Waals surface area contributed by atoms with E-state index in [0.717, 1.165) is 11.6 Å². The zero-order chi connectivity index (χ0) is 22.0. The molecular weight excluding hydrogens is 385 g/mol. The molecule has 3 rings (SSSR count). The molecule has 7 heteroatoms. The van der Waals surface area contributed by atoms with Crippen LogP contribution >= 0.6 is 0 Å². The Morgan fingerprint density at radius 1 is 1.07 bits per heavy atom. The smallest absolute Gasteiger partial charge is 0.335 e. The monoisotopic (exact) mass is 408 g/mol. The molecule has 0 aromatic heterocycles. The zero-order valence-electron chi connectivity index (χ0n) is 16.4. The molecule has 0 aliphatic carbocycles. The van der Waals surface area contributed by atoms with Crippen molar-refractivity contribution in [3.63, 3.8) is 0 Å². The number of carboxylic acid groups (broad SMARTS) is 1. The van der Waals surface area contributed by atoms with Gasteiger partial charge in [0.2, 0.25) is 0 Å². The molecule has 2 aromatic carbocycles. The molecule has 1 aliphatic rings. The van der Waals surface area contributed by atoms with Crippen LogP contribution in [0.1, 0.15) is 35.3 Å². The molecule has 2 aromatic rings. The van der Waals surface area contributed by atoms with E-state index < -0.39 is 24.1 Å². The van der Waals surface area contributed by atoms with Gasteiger partial charge in [-0.25, -0.2) is 13.6 Å². The van der Waals surface area contributed by atoms with Gasteiger partial charge in [-0.3, -0.25) is 9.18 Å². The Kier molecular flexibility index (Phi) is 9.65. The van der Waals surface area contributed by atoms with Gasteiger partial charge in [-0.1, -0.05) is 44.2 Å². The number of carbonyl (C=O) groups excluding carboxylic acids is 1. The number of rotatable bonds is 5. The summed E-state index contributed by atoms with van der Waals surface area (Å²) < 4.78 is 40.6. The standard InChI is InChI=1S/C19H14F2O4.C2H6.CH3F/c20-18(21)17-14(19(23)24)10-13-9-12(6-7-16(13)25-17)15(22)8-11-4-2-1-3-5-11;2*1-2/h1-7,9-10,17-18H,8H2,(H,23,24);1-2H3;1H3. The van der Waals surface area contributed by atoms with E-state index in [1.165, 1.54) is 18.2 Å². The van der Waals surface area contributed by atoms with Crippen molar-refractivity contribution in [2.75, 3.05) is 7.18 Å². The summed E-state index contributed by atoms with van der Waals surface area (Å²) in [4.78, 5) is 23.6. The second-order valence-electron chi connectivity index (χ2n) is 5.62. The summed E-state index contributed by atoms with van der Waals surface area (Å²) in [5, 5.41) is 9.11. The molecule has 0 radical (unpaired) electrons. The Bertz CT molecular complexity index is 848. The minimum absolute atomic E-state index is 0.131. The molecule has 0 saturated carbocycles. The Balaban J connectivity index is 0.000000989. The van der Waals surface area contributed by atoms with E-state index in [-0.39, 0.29) is 18.0 Å². The maximum absolute atomic E-state index is 13.0. The predicted octanol–water partition coefficient (Wildman–Crippen LogP) is 5.22. The van der Waals surface area contributed by atoms with Crippen LogP contribution in [0, 0.1) is 0 Å². The summed E-state index contributed by atoms with van der Waals surface area (Å²) >= 11 is 0. The van der Waals surface area contributed by atoms with Crippen molar-refractivity contribution in [3.05, 3.63) is 70.8 Å². The van der Waals surface area contributed by atoms with Crippen LogP contribution < -0.4 is 4.74 Å². The van der Waals surface area contributed by atoms with Crippen molar-refractivity contribution >= 4 is 17.8 Å². The number of ether oxygens (including phenoxy) is 1. The lowest BCUT2D eigenvalue weighted by Gasteiger charge is -2.24. The average molecular weight is 408 g/mol. The molecule has 1 unspecified atom stereocenters. The Labute approximate surface area is 167 Å². The SMILES string of the molecule is CC.CF.O=C(O)C1=Cc2cc(C(=O)Cc3ccccc3)ccc2OC1C(F)F. The number of fused-ring (bicyclic) bond motifs is 1. The fraction of sp³-hybridized carbons (Fsp3) is 0.273. The number of halogens is 3. The number of carboxylic acids is 1. The van der Waals surface area contributed by atoms with E-state index in [1.54, 1.807) is 0 Å². The molecule has 1 N–H and O–H groups in total. The van der Waals surface area contributed by atoms with Crippen molar-refractivity contribution in [1.29, 1.82) is 0 Å². The maximum Gasteiger partial charge on any atom is 0.335 e. The topological polar surface area (TPSA) is 63.6 Å². The molecule has 156 valence electrons. The third-order valence-corrected chi connectivity index (χ3v) is 3.89. The van der Waals surface area contributed by atoms with Crippen LogP contribution in [0.5, 0.6) is 5.75 Å². The lowest BCUT2D eigenvalue weighted by atomic mass is 9.97. The van der Waals surface area contributed by atoms with Gasteiger partial charge < -0.3 is 9.84 Å². The second-order valence-corrected chi connectivity index (χ2v) is 5.62. The number of Topliss-reactive ketones (excluding diaryl/α,β-unsaturated/α-hetero) is 1. The Hall–Kier alpha value is -3.09. The summed E-state index contributed by atoms with van der Waals surface area (Å²) in [6, 6.07) is 13.5. The number of carbonyl (C=O) groups is 2. The first kappa shape index (κ1) is 23.9. The van der Waals surface area contributed by atoms with Gasteiger partial charge in [0.1, 0.15) is 5.75 Å². The zero-order valence-corrected chi connectivity index (χ0v) is 16.4. The van der Waals surface area contributed by atoms with Crippen LogP contribution in [0.2, 0.25) is 0 Å². The lowest BCUT2D eigenvalue weighted by Crippen LogP contribution is -2.33. The van der Waals surface area contributed by atoms with Crippen LogP contribution in [0.3, 0.4) is 0 Å². The number of ketones is 1. The minimum Gasteiger partial charge on any atom is -0.479 e. The van der Waals surface area contributed by atoms with Gasteiger partial charge in [-0.2, -0.15) is 0 Å². The Morgan fingerprint density at radius 2 is 1.69 bits per heavy atom. The van der Waals surface area contributed by atoms with E-state index in [1.807, 2.05) is 44.2 Å². The molecule has 1 aliphatic heterocycles. The third kappa shape index (κ3) is 6.20. The number of alkyl halides is 3. The third-order valence-electron chi connectivity index (χ3n) is 3.89. The van der Waals surface area contributed by atoms with Crippen molar-refractivity contribution in [1.82, 2.24) is 0 Å². The first-order chi connectivity index (χ1) is 14.0. The van der Waals surface area contributed by atoms with E-state index in [0.29, 0.717) is 18.3 Å². The van der Waals surface area contributed by atoms with Gasteiger partial charge in [0, 0.05) is 17.5 Å². The van der Waals surface area contributed by atoms with Gasteiger partial charge in [-0.15, -0.1) is 0 Å². The minimum atomic E-state index is -2.96. The van der Waals surface area contributed by atoms with E-state index in [4.69, 9.17) is 9.84 Å². The van der Waals surface area contributed by atoms with Gasteiger partial charge in [0.15, 0.2) is 11.9 Å². The van der Waals surface area contributed by atoms with Gasteiger partial charge >= 0.3 is 5.97 Å². The summed E-state index contributed by atoms with van der Waals surface area (Å²) in [6.45, 7) is 4.00. The molecule has 0 saturated heterocycles. The van der Waals surface area contributed by atoms with E-state index in [9.17, 15) is 22.8 Å². The van der Waals surface area contributed by atoms with Crippen molar-refractivity contribution in [3.8, 4) is 5.75 Å². The largest absolute Gasteiger partial charge is 0.479 e. The van der Waals surface area contributed by atoms with Crippen molar-refractivity contribution in [2.45, 2.75) is 32.8 Å². The molecule has 1 heterocycles. The highest BCUT2D eigenvalue weighted by Gasteiger charge is 2.34. The highest BCUT2D eigenvalue weighted by molar-refractivity contribution is 5.99. The van der Waals surface area contributed by atoms with Crippen LogP contribution in [0.25, 0.3) is 6.08 Å². The lowest BCUT2D eigenvalue weighted by molar-refractivity contribution is -0.134. The van der Waals surface area contributed by atoms with Crippen LogP contribution in [-0.2, 0) is 11.2 Å². The fourth-order valence-electron chi connectivity index (χ4n) is 2.65. The number of benzene rings is 2.